The maximum Gasteiger partial charge on any atom is 0.353 e. The Morgan fingerprint density at radius 2 is 1.78 bits per heavy atom. The van der Waals surface area contributed by atoms with Crippen molar-refractivity contribution < 1.29 is 44.0 Å². The number of carboxylic acid groups (broad SMARTS) is 1. The van der Waals surface area contributed by atoms with Crippen molar-refractivity contribution in [3.8, 4) is 0 Å². The number of hydrogen-bond acceptors (Lipinski definition) is 16. The molecule has 1 amide bonds. The molecular formula is C44H70N6O9S4Si. The van der Waals surface area contributed by atoms with Crippen molar-refractivity contribution in [2.45, 2.75) is 133 Å². The first kappa shape index (κ1) is 54.0. The number of likely N-dealkylation sites (N-methyl/N-ethyl adjacent to an activating group) is 2. The molecule has 6 heterocycles. The molecular weight excluding hydrogens is 913 g/mol. The minimum Gasteiger partial charge on any atom is -0.477 e. The maximum atomic E-state index is 12.4. The highest BCUT2D eigenvalue weighted by Crippen LogP contribution is 2.52. The molecule has 1 saturated heterocycles. The van der Waals surface area contributed by atoms with Gasteiger partial charge in [-0.3, -0.25) is 14.5 Å². The van der Waals surface area contributed by atoms with Gasteiger partial charge in [-0.15, -0.1) is 22.7 Å². The van der Waals surface area contributed by atoms with Gasteiger partial charge in [-0.05, 0) is 96.1 Å². The summed E-state index contributed by atoms with van der Waals surface area (Å²) in [6.07, 6.45) is 5.56. The second-order valence-electron chi connectivity index (χ2n) is 19.2. The van der Waals surface area contributed by atoms with Crippen LogP contribution in [0.25, 0.3) is 11.1 Å². The normalized spacial score (nSPS) is 23.7. The van der Waals surface area contributed by atoms with Crippen molar-refractivity contribution in [1.82, 2.24) is 30.4 Å². The van der Waals surface area contributed by atoms with Crippen molar-refractivity contribution >= 4 is 84.0 Å². The molecule has 358 valence electrons. The lowest BCUT2D eigenvalue weighted by molar-refractivity contribution is -0.163. The van der Waals surface area contributed by atoms with Gasteiger partial charge < -0.3 is 50.1 Å². The summed E-state index contributed by atoms with van der Waals surface area (Å²) >= 11 is 9.51. The smallest absolute Gasteiger partial charge is 0.353 e. The number of nitrogens with zero attached hydrogens (tertiary/aromatic N) is 3. The second kappa shape index (κ2) is 22.9. The largest absolute Gasteiger partial charge is 0.477 e. The van der Waals surface area contributed by atoms with Gasteiger partial charge >= 0.3 is 11.9 Å². The number of aliphatic hydroxyl groups excluding tert-OH is 3. The lowest BCUT2D eigenvalue weighted by atomic mass is 9.79. The van der Waals surface area contributed by atoms with E-state index in [0.717, 1.165) is 41.2 Å². The number of β-lactam (4-membered cyclic amide) rings is 1. The molecule has 6 rings (SSSR count). The fraction of sp³-hybridized carbons (Fsp3) is 0.659. The van der Waals surface area contributed by atoms with E-state index in [2.05, 4.69) is 83.9 Å². The van der Waals surface area contributed by atoms with Gasteiger partial charge in [-0.25, -0.2) is 9.78 Å². The molecule has 0 unspecified atom stereocenters. The number of esters is 1. The SMILES string of the molecule is CN1CC(c2csc(=S)[nH]2)=CC[C@@H]1CO[Si](C)(C)C(C)(C)C.CN[C@@H](CO)CC(=O)OC(C)(C)C.C[C@@H](O)[C@H]1C(=O)N2C(C(=O)O)=C(Sc3nc(C4=CC[C@H](CO)NC4)cs3)[C@H](C)[C@H]12. The Bertz CT molecular complexity index is 2080. The number of aliphatic hydroxyl groups is 3. The van der Waals surface area contributed by atoms with Crippen LogP contribution >= 0.6 is 46.7 Å². The molecule has 15 nitrogen and oxygen atoms in total. The highest BCUT2D eigenvalue weighted by atomic mass is 32.2. The van der Waals surface area contributed by atoms with Gasteiger partial charge in [0, 0.05) is 59.4 Å². The number of aromatic nitrogens is 2. The molecule has 0 aliphatic carbocycles. The number of amides is 1. The highest BCUT2D eigenvalue weighted by molar-refractivity contribution is 8.04. The summed E-state index contributed by atoms with van der Waals surface area (Å²) in [5.74, 6) is -2.51. The summed E-state index contributed by atoms with van der Waals surface area (Å²) in [5, 5.41) is 48.1. The molecule has 4 aliphatic heterocycles. The number of thioether (sulfide) groups is 1. The minimum atomic E-state index is -1.66. The zero-order chi connectivity index (χ0) is 47.9. The van der Waals surface area contributed by atoms with Crippen LogP contribution in [0.3, 0.4) is 0 Å². The van der Waals surface area contributed by atoms with Crippen LogP contribution in [0.2, 0.25) is 18.1 Å². The summed E-state index contributed by atoms with van der Waals surface area (Å²) in [7, 11) is 2.23. The van der Waals surface area contributed by atoms with Crippen molar-refractivity contribution in [1.29, 1.82) is 0 Å². The van der Waals surface area contributed by atoms with E-state index in [1.54, 1.807) is 25.3 Å². The summed E-state index contributed by atoms with van der Waals surface area (Å²) in [4.78, 5) is 47.8. The molecule has 4 aliphatic rings. The monoisotopic (exact) mass is 982 g/mol. The van der Waals surface area contributed by atoms with Crippen LogP contribution in [-0.2, 0) is 23.5 Å². The third-order valence-electron chi connectivity index (χ3n) is 12.2. The van der Waals surface area contributed by atoms with E-state index in [9.17, 15) is 29.7 Å². The molecule has 7 N–H and O–H groups in total. The first-order valence-electron chi connectivity index (χ1n) is 21.7. The van der Waals surface area contributed by atoms with Crippen LogP contribution in [0.15, 0.2) is 37.9 Å². The number of aliphatic carboxylic acids is 1. The zero-order valence-corrected chi connectivity index (χ0v) is 43.6. The summed E-state index contributed by atoms with van der Waals surface area (Å²) in [5.41, 5.74) is 3.97. The molecule has 20 heteroatoms. The van der Waals surface area contributed by atoms with E-state index >= 15 is 0 Å². The van der Waals surface area contributed by atoms with Crippen molar-refractivity contribution in [3.05, 3.63) is 48.9 Å². The van der Waals surface area contributed by atoms with E-state index in [1.807, 2.05) is 33.1 Å². The number of hydrogen-bond donors (Lipinski definition) is 7. The van der Waals surface area contributed by atoms with Gasteiger partial charge in [0.2, 0.25) is 5.91 Å². The van der Waals surface area contributed by atoms with Gasteiger partial charge in [0.1, 0.15) is 11.3 Å². The third kappa shape index (κ3) is 14.0. The first-order chi connectivity index (χ1) is 29.8. The molecule has 64 heavy (non-hydrogen) atoms. The van der Waals surface area contributed by atoms with Crippen LogP contribution in [-0.4, -0.2) is 149 Å². The quantitative estimate of drug-likeness (QED) is 0.0477. The van der Waals surface area contributed by atoms with E-state index in [-0.39, 0.29) is 66.3 Å². The van der Waals surface area contributed by atoms with Gasteiger partial charge in [0.15, 0.2) is 16.6 Å². The number of thiazole rings is 2. The van der Waals surface area contributed by atoms with E-state index < -0.39 is 31.9 Å². The molecule has 1 fully saturated rings. The number of carbonyl (C=O) groups excluding carboxylic acids is 2. The molecule has 0 bridgehead atoms. The third-order valence-corrected chi connectivity index (χ3v) is 20.0. The van der Waals surface area contributed by atoms with E-state index in [4.69, 9.17) is 26.5 Å². The predicted molar refractivity (Wildman–Crippen MR) is 261 cm³/mol. The van der Waals surface area contributed by atoms with Gasteiger partial charge in [-0.1, -0.05) is 51.6 Å². The Morgan fingerprint density at radius 1 is 1.11 bits per heavy atom. The molecule has 0 radical (unpaired) electrons. The Balaban J connectivity index is 0.000000227. The van der Waals surface area contributed by atoms with Crippen LogP contribution in [0.5, 0.6) is 0 Å². The fourth-order valence-electron chi connectivity index (χ4n) is 7.34. The van der Waals surface area contributed by atoms with Crippen LogP contribution < -0.4 is 10.6 Å². The maximum absolute atomic E-state index is 12.4. The van der Waals surface area contributed by atoms with Gasteiger partial charge in [-0.2, -0.15) is 0 Å². The molecule has 7 atom stereocenters. The molecule has 0 saturated carbocycles. The number of rotatable bonds is 14. The standard InChI is InChI=1S/C19H23N3O5S2.C16H28N2OS2Si.C9H19NO3/c1-8-14-13(9(2)24)17(25)22(14)15(18(26)27)16(8)29-19-21-12(7-28-19)10-3-4-11(6-23)20-5-10;1-16(2,3)22(5,6)19-10-13-8-7-12(9-18(13)4)14-11-21-15(20)17-14;1-9(2,3)13-8(12)5-7(6-11)10-4/h3,7-9,11,13-14,20,23-24H,4-6H2,1-2H3,(H,26,27);7,11,13H,8-10H2,1-6H3,(H,17,20);7,10-11H,5-6H2,1-4H3/t8-,9-,11-,13-,14-;13-;7-/m111/s1. The first-order valence-corrected chi connectivity index (χ1v) is 27.6. The molecule has 0 spiro atoms. The second-order valence-corrected chi connectivity index (χ2v) is 27.7. The Kier molecular flexibility index (Phi) is 19.4. The van der Waals surface area contributed by atoms with Crippen molar-refractivity contribution in [3.63, 3.8) is 0 Å². The van der Waals surface area contributed by atoms with Crippen molar-refractivity contribution in [2.24, 2.45) is 11.8 Å². The number of H-pyrrole nitrogens is 1. The zero-order valence-electron chi connectivity index (χ0n) is 39.3. The molecule has 2 aromatic heterocycles. The average molecular weight is 983 g/mol. The summed E-state index contributed by atoms with van der Waals surface area (Å²) < 4.78 is 13.0. The lowest BCUT2D eigenvalue weighted by Crippen LogP contribution is -2.63. The Labute approximate surface area is 396 Å². The molecule has 0 aromatic carbocycles. The van der Waals surface area contributed by atoms with Gasteiger partial charge in [0.05, 0.1) is 49.1 Å². The number of nitrogens with one attached hydrogen (secondary N) is 3. The summed E-state index contributed by atoms with van der Waals surface area (Å²) in [6, 6.07) is 0.00306. The van der Waals surface area contributed by atoms with Crippen LogP contribution in [0.4, 0.5) is 0 Å². The van der Waals surface area contributed by atoms with Crippen molar-refractivity contribution in [2.75, 3.05) is 47.0 Å². The van der Waals surface area contributed by atoms with Crippen LogP contribution in [0.1, 0.15) is 86.0 Å². The van der Waals surface area contributed by atoms with Gasteiger partial charge in [0.25, 0.3) is 0 Å². The Morgan fingerprint density at radius 3 is 2.28 bits per heavy atom. The molecule has 2 aromatic rings. The fourth-order valence-corrected chi connectivity index (χ4v) is 11.4. The van der Waals surface area contributed by atoms with E-state index in [1.165, 1.54) is 39.3 Å². The van der Waals surface area contributed by atoms with Crippen LogP contribution in [0, 0.1) is 15.8 Å². The minimum absolute atomic E-state index is 0.00971. The highest BCUT2D eigenvalue weighted by Gasteiger charge is 2.60. The van der Waals surface area contributed by atoms with E-state index in [0.29, 0.717) is 21.8 Å². The number of carbonyl (C=O) groups is 3. The predicted octanol–water partition coefficient (Wildman–Crippen LogP) is 6.34. The number of ether oxygens (including phenoxy) is 1. The number of carboxylic acids is 1. The lowest BCUT2D eigenvalue weighted by Gasteiger charge is -2.46. The number of aromatic amines is 1. The number of fused-ring (bicyclic) bond motifs is 1. The summed E-state index contributed by atoms with van der Waals surface area (Å²) in [6.45, 7) is 22.9. The Hall–Kier alpha value is -2.60. The topological polar surface area (TPSA) is 210 Å². The average Bonchev–Trinajstić information content (AvgIpc) is 3.93.